The molecule has 2 aromatic rings. The Bertz CT molecular complexity index is 853. The lowest BCUT2D eigenvalue weighted by Crippen LogP contribution is -2.49. The van der Waals surface area contributed by atoms with Gasteiger partial charge in [-0.15, -0.1) is 0 Å². The first-order chi connectivity index (χ1) is 13.9. The smallest absolute Gasteiger partial charge is 0.161 e. The quantitative estimate of drug-likeness (QED) is 0.773. The van der Waals surface area contributed by atoms with Crippen LogP contribution in [0.25, 0.3) is 0 Å². The molecule has 4 rings (SSSR count). The number of halogens is 1. The number of methoxy groups -OCH3 is 1. The summed E-state index contributed by atoms with van der Waals surface area (Å²) in [5, 5.41) is 11.3. The number of piperidine rings is 1. The molecule has 4 nitrogen and oxygen atoms in total. The number of nitrogens with zero attached hydrogens (tertiary/aromatic N) is 1. The number of fused-ring (bicyclic) bond motifs is 2. The summed E-state index contributed by atoms with van der Waals surface area (Å²) in [6.07, 6.45) is 3.54. The molecule has 2 atom stereocenters. The van der Waals surface area contributed by atoms with Crippen molar-refractivity contribution in [3.8, 4) is 11.5 Å². The van der Waals surface area contributed by atoms with E-state index in [0.717, 1.165) is 36.4 Å². The molecule has 5 heteroatoms. The van der Waals surface area contributed by atoms with Crippen molar-refractivity contribution in [1.82, 2.24) is 4.90 Å². The van der Waals surface area contributed by atoms with E-state index in [-0.39, 0.29) is 5.82 Å². The maximum absolute atomic E-state index is 13.3. The van der Waals surface area contributed by atoms with Gasteiger partial charge in [-0.1, -0.05) is 12.1 Å². The monoisotopic (exact) mass is 399 g/mol. The molecule has 2 aliphatic rings. The van der Waals surface area contributed by atoms with Gasteiger partial charge in [0.2, 0.25) is 0 Å². The molecule has 1 N–H and O–H groups in total. The van der Waals surface area contributed by atoms with Gasteiger partial charge < -0.3 is 14.6 Å². The zero-order valence-corrected chi connectivity index (χ0v) is 17.5. The number of aryl methyl sites for hydroxylation is 1. The number of rotatable bonds is 6. The lowest BCUT2D eigenvalue weighted by molar-refractivity contribution is -0.0595. The Hall–Kier alpha value is -2.11. The largest absolute Gasteiger partial charge is 0.493 e. The molecule has 0 spiro atoms. The van der Waals surface area contributed by atoms with E-state index >= 15 is 0 Å². The van der Waals surface area contributed by atoms with Crippen LogP contribution >= 0.6 is 0 Å². The third-order valence-electron chi connectivity index (χ3n) is 6.57. The number of aliphatic hydroxyl groups is 1. The Morgan fingerprint density at radius 3 is 2.34 bits per heavy atom. The molecule has 2 fully saturated rings. The molecule has 156 valence electrons. The van der Waals surface area contributed by atoms with Gasteiger partial charge in [-0.05, 0) is 80.5 Å². The van der Waals surface area contributed by atoms with Gasteiger partial charge in [0.25, 0.3) is 0 Å². The zero-order valence-electron chi connectivity index (χ0n) is 17.5. The molecule has 0 saturated carbocycles. The van der Waals surface area contributed by atoms with Gasteiger partial charge in [0, 0.05) is 18.6 Å². The number of ether oxygens (including phenoxy) is 2. The van der Waals surface area contributed by atoms with Crippen LogP contribution in [0.3, 0.4) is 0 Å². The Labute approximate surface area is 172 Å². The molecule has 0 amide bonds. The molecular formula is C24H30FNO3. The number of hydrogen-bond acceptors (Lipinski definition) is 4. The minimum atomic E-state index is -0.874. The second-order valence-electron chi connectivity index (χ2n) is 8.37. The second kappa shape index (κ2) is 7.96. The first-order valence-corrected chi connectivity index (χ1v) is 10.5. The fraction of sp³-hybridized carbons (Fsp3) is 0.500. The third kappa shape index (κ3) is 3.86. The van der Waals surface area contributed by atoms with Gasteiger partial charge in [0.05, 0.1) is 19.3 Å². The van der Waals surface area contributed by atoms with E-state index in [0.29, 0.717) is 31.5 Å². The van der Waals surface area contributed by atoms with E-state index in [1.165, 1.54) is 23.3 Å². The molecule has 0 radical (unpaired) electrons. The van der Waals surface area contributed by atoms with Crippen molar-refractivity contribution in [2.24, 2.45) is 0 Å². The van der Waals surface area contributed by atoms with Crippen LogP contribution in [-0.2, 0) is 12.1 Å². The lowest BCUT2D eigenvalue weighted by atomic mass is 9.80. The van der Waals surface area contributed by atoms with Crippen molar-refractivity contribution in [3.63, 3.8) is 0 Å². The summed E-state index contributed by atoms with van der Waals surface area (Å²) < 4.78 is 24.6. The molecule has 2 bridgehead atoms. The average Bonchev–Trinajstić information content (AvgIpc) is 2.94. The molecule has 0 aliphatic carbocycles. The van der Waals surface area contributed by atoms with Gasteiger partial charge in [-0.3, -0.25) is 4.90 Å². The lowest BCUT2D eigenvalue weighted by Gasteiger charge is -2.44. The fourth-order valence-electron chi connectivity index (χ4n) is 5.07. The van der Waals surface area contributed by atoms with Crippen LogP contribution in [0.1, 0.15) is 49.3 Å². The molecule has 2 heterocycles. The molecule has 2 saturated heterocycles. The Kier molecular flexibility index (Phi) is 5.54. The predicted molar refractivity (Wildman–Crippen MR) is 111 cm³/mol. The van der Waals surface area contributed by atoms with Crippen LogP contribution in [0.5, 0.6) is 11.5 Å². The standard InChI is InChI=1S/C24H30FNO3/c1-4-29-23-12-17(16(2)11-22(23)28-3)15-26-20-9-10-21(26)14-24(27,13-20)18-5-7-19(25)8-6-18/h5-8,11-12,20-21,27H,4,9-10,13-15H2,1-3H3. The fourth-order valence-corrected chi connectivity index (χ4v) is 5.07. The van der Waals surface area contributed by atoms with E-state index < -0.39 is 5.60 Å². The Morgan fingerprint density at radius 2 is 1.76 bits per heavy atom. The van der Waals surface area contributed by atoms with E-state index in [1.54, 1.807) is 19.2 Å². The van der Waals surface area contributed by atoms with Crippen LogP contribution in [-0.4, -0.2) is 35.8 Å². The van der Waals surface area contributed by atoms with Crippen molar-refractivity contribution < 1.29 is 19.0 Å². The second-order valence-corrected chi connectivity index (χ2v) is 8.37. The first kappa shape index (κ1) is 20.2. The Morgan fingerprint density at radius 1 is 1.10 bits per heavy atom. The maximum atomic E-state index is 13.3. The average molecular weight is 400 g/mol. The predicted octanol–water partition coefficient (Wildman–Crippen LogP) is 4.56. The molecule has 0 aromatic heterocycles. The van der Waals surface area contributed by atoms with Crippen LogP contribution in [0.15, 0.2) is 36.4 Å². The molecule has 29 heavy (non-hydrogen) atoms. The van der Waals surface area contributed by atoms with E-state index in [1.807, 2.05) is 13.0 Å². The molecule has 2 aliphatic heterocycles. The maximum Gasteiger partial charge on any atom is 0.161 e. The summed E-state index contributed by atoms with van der Waals surface area (Å²) in [4.78, 5) is 2.53. The van der Waals surface area contributed by atoms with Crippen molar-refractivity contribution in [3.05, 3.63) is 58.9 Å². The number of benzene rings is 2. The summed E-state index contributed by atoms with van der Waals surface area (Å²) >= 11 is 0. The normalized spacial score (nSPS) is 26.5. The summed E-state index contributed by atoms with van der Waals surface area (Å²) in [6.45, 7) is 5.51. The van der Waals surface area contributed by atoms with Gasteiger partial charge in [-0.25, -0.2) is 4.39 Å². The highest BCUT2D eigenvalue weighted by atomic mass is 19.1. The Balaban J connectivity index is 1.55. The van der Waals surface area contributed by atoms with Crippen molar-refractivity contribution in [2.75, 3.05) is 13.7 Å². The summed E-state index contributed by atoms with van der Waals surface area (Å²) in [6, 6.07) is 11.1. The molecule has 2 aromatic carbocycles. The highest BCUT2D eigenvalue weighted by Gasteiger charge is 2.48. The van der Waals surface area contributed by atoms with Crippen molar-refractivity contribution in [2.45, 2.75) is 63.8 Å². The minimum Gasteiger partial charge on any atom is -0.493 e. The highest BCUT2D eigenvalue weighted by Crippen LogP contribution is 2.46. The van der Waals surface area contributed by atoms with Crippen LogP contribution < -0.4 is 9.47 Å². The van der Waals surface area contributed by atoms with Gasteiger partial charge >= 0.3 is 0 Å². The van der Waals surface area contributed by atoms with Crippen molar-refractivity contribution in [1.29, 1.82) is 0 Å². The van der Waals surface area contributed by atoms with Crippen LogP contribution in [0.2, 0.25) is 0 Å². The molecule has 2 unspecified atom stereocenters. The van der Waals surface area contributed by atoms with Gasteiger partial charge in [-0.2, -0.15) is 0 Å². The topological polar surface area (TPSA) is 41.9 Å². The summed E-state index contributed by atoms with van der Waals surface area (Å²) in [5.41, 5.74) is 2.37. The van der Waals surface area contributed by atoms with Gasteiger partial charge in [0.15, 0.2) is 11.5 Å². The zero-order chi connectivity index (χ0) is 20.6. The third-order valence-corrected chi connectivity index (χ3v) is 6.57. The summed E-state index contributed by atoms with van der Waals surface area (Å²) in [7, 11) is 1.66. The minimum absolute atomic E-state index is 0.266. The SMILES string of the molecule is CCOc1cc(CN2C3CCC2CC(O)(c2ccc(F)cc2)C3)c(C)cc1OC. The molecular weight excluding hydrogens is 369 g/mol. The van der Waals surface area contributed by atoms with E-state index in [4.69, 9.17) is 9.47 Å². The first-order valence-electron chi connectivity index (χ1n) is 10.5. The number of hydrogen-bond donors (Lipinski definition) is 1. The van der Waals surface area contributed by atoms with Crippen LogP contribution in [0, 0.1) is 12.7 Å². The highest BCUT2D eigenvalue weighted by molar-refractivity contribution is 5.47. The van der Waals surface area contributed by atoms with Crippen LogP contribution in [0.4, 0.5) is 4.39 Å². The van der Waals surface area contributed by atoms with E-state index in [9.17, 15) is 9.50 Å². The van der Waals surface area contributed by atoms with Gasteiger partial charge in [0.1, 0.15) is 5.82 Å². The van der Waals surface area contributed by atoms with E-state index in [2.05, 4.69) is 17.9 Å². The summed E-state index contributed by atoms with van der Waals surface area (Å²) in [5.74, 6) is 1.28. The van der Waals surface area contributed by atoms with Crippen molar-refractivity contribution >= 4 is 0 Å².